The summed E-state index contributed by atoms with van der Waals surface area (Å²) in [5.74, 6) is 0.0333. The number of morpholine rings is 1. The van der Waals surface area contributed by atoms with Gasteiger partial charge in [0.2, 0.25) is 5.91 Å². The highest BCUT2D eigenvalue weighted by atomic mass is 16.5. The molecule has 2 fully saturated rings. The molecule has 1 saturated heterocycles. The summed E-state index contributed by atoms with van der Waals surface area (Å²) in [6.07, 6.45) is 0.857. The minimum absolute atomic E-state index is 0.0333. The zero-order chi connectivity index (χ0) is 13.4. The van der Waals surface area contributed by atoms with E-state index >= 15 is 0 Å². The van der Waals surface area contributed by atoms with Crippen molar-refractivity contribution in [3.8, 4) is 0 Å². The van der Waals surface area contributed by atoms with Gasteiger partial charge in [-0.15, -0.1) is 0 Å². The Kier molecular flexibility index (Phi) is 3.67. The largest absolute Gasteiger partial charge is 0.378 e. The van der Waals surface area contributed by atoms with E-state index in [0.29, 0.717) is 13.2 Å². The third-order valence-corrected chi connectivity index (χ3v) is 4.83. The highest BCUT2D eigenvalue weighted by Crippen LogP contribution is 2.51. The maximum Gasteiger partial charge on any atom is 0.239 e. The Labute approximate surface area is 109 Å². The van der Waals surface area contributed by atoms with Crippen LogP contribution in [0.1, 0.15) is 27.2 Å². The molecule has 0 aromatic carbocycles. The van der Waals surface area contributed by atoms with E-state index < -0.39 is 0 Å². The average Bonchev–Trinajstić information content (AvgIpc) is 2.38. The summed E-state index contributed by atoms with van der Waals surface area (Å²) in [6, 6.07) is -0.0531. The van der Waals surface area contributed by atoms with Gasteiger partial charge in [-0.05, 0) is 13.3 Å². The second-order valence-electron chi connectivity index (χ2n) is 6.00. The minimum Gasteiger partial charge on any atom is -0.378 e. The van der Waals surface area contributed by atoms with Gasteiger partial charge in [0, 0.05) is 25.1 Å². The van der Waals surface area contributed by atoms with Gasteiger partial charge in [-0.25, -0.2) is 0 Å². The highest BCUT2D eigenvalue weighted by molar-refractivity contribution is 5.82. The Morgan fingerprint density at radius 2 is 2.17 bits per heavy atom. The lowest BCUT2D eigenvalue weighted by molar-refractivity contribution is -0.183. The first-order chi connectivity index (χ1) is 8.40. The summed E-state index contributed by atoms with van der Waals surface area (Å²) in [7, 11) is 1.73. The number of hydrogen-bond acceptors (Lipinski definition) is 4. The molecule has 1 aliphatic carbocycles. The van der Waals surface area contributed by atoms with Crippen molar-refractivity contribution in [3.63, 3.8) is 0 Å². The van der Waals surface area contributed by atoms with Crippen LogP contribution in [0.3, 0.4) is 0 Å². The molecule has 0 bridgehead atoms. The topological polar surface area (TPSA) is 59.6 Å². The lowest BCUT2D eigenvalue weighted by Gasteiger charge is -2.59. The van der Waals surface area contributed by atoms with Crippen LogP contribution in [0.15, 0.2) is 0 Å². The Morgan fingerprint density at radius 3 is 2.67 bits per heavy atom. The Morgan fingerprint density at radius 1 is 1.44 bits per heavy atom. The second-order valence-corrected chi connectivity index (χ2v) is 6.00. The average molecular weight is 256 g/mol. The van der Waals surface area contributed by atoms with Gasteiger partial charge in [0.15, 0.2) is 0 Å². The minimum atomic E-state index is -0.219. The van der Waals surface area contributed by atoms with Crippen LogP contribution in [0.2, 0.25) is 0 Å². The molecule has 0 aromatic rings. The van der Waals surface area contributed by atoms with E-state index in [4.69, 9.17) is 9.47 Å². The molecule has 5 nitrogen and oxygen atoms in total. The van der Waals surface area contributed by atoms with Gasteiger partial charge in [-0.3, -0.25) is 4.79 Å². The van der Waals surface area contributed by atoms with Crippen molar-refractivity contribution in [2.24, 2.45) is 5.41 Å². The van der Waals surface area contributed by atoms with E-state index in [-0.39, 0.29) is 29.0 Å². The van der Waals surface area contributed by atoms with Crippen molar-refractivity contribution < 1.29 is 14.3 Å². The van der Waals surface area contributed by atoms with Crippen molar-refractivity contribution >= 4 is 5.91 Å². The van der Waals surface area contributed by atoms with Gasteiger partial charge in [-0.2, -0.15) is 0 Å². The Bertz CT molecular complexity index is 326. The fourth-order valence-corrected chi connectivity index (χ4v) is 2.73. The molecule has 1 aliphatic heterocycles. The molecule has 2 rings (SSSR count). The summed E-state index contributed by atoms with van der Waals surface area (Å²) >= 11 is 0. The molecular weight excluding hydrogens is 232 g/mol. The highest BCUT2D eigenvalue weighted by Gasteiger charge is 2.58. The van der Waals surface area contributed by atoms with Crippen LogP contribution in [0.25, 0.3) is 0 Å². The van der Waals surface area contributed by atoms with Crippen LogP contribution in [-0.2, 0) is 14.3 Å². The van der Waals surface area contributed by atoms with Crippen molar-refractivity contribution in [2.45, 2.75) is 44.9 Å². The second kappa shape index (κ2) is 4.79. The van der Waals surface area contributed by atoms with Gasteiger partial charge in [-0.1, -0.05) is 13.8 Å². The number of carbonyl (C=O) groups is 1. The van der Waals surface area contributed by atoms with E-state index in [1.54, 1.807) is 7.11 Å². The lowest BCUT2D eigenvalue weighted by Crippen LogP contribution is -2.70. The fraction of sp³-hybridized carbons (Fsp3) is 0.923. The number of rotatable bonds is 3. The zero-order valence-corrected chi connectivity index (χ0v) is 11.7. The number of hydrogen-bond donors (Lipinski definition) is 2. The molecule has 1 heterocycles. The van der Waals surface area contributed by atoms with Gasteiger partial charge >= 0.3 is 0 Å². The molecule has 2 aliphatic rings. The Balaban J connectivity index is 1.89. The molecular formula is C13H24N2O3. The summed E-state index contributed by atoms with van der Waals surface area (Å²) in [4.78, 5) is 12.1. The predicted molar refractivity (Wildman–Crippen MR) is 68.4 cm³/mol. The normalized spacial score (nSPS) is 38.9. The number of carbonyl (C=O) groups excluding carboxylic acids is 1. The molecule has 2 N–H and O–H groups in total. The molecule has 0 unspecified atom stereocenters. The van der Waals surface area contributed by atoms with E-state index in [9.17, 15) is 4.79 Å². The summed E-state index contributed by atoms with van der Waals surface area (Å²) in [5, 5.41) is 6.27. The zero-order valence-electron chi connectivity index (χ0n) is 11.7. The van der Waals surface area contributed by atoms with E-state index in [1.165, 1.54) is 0 Å². The van der Waals surface area contributed by atoms with Crippen LogP contribution >= 0.6 is 0 Å². The maximum atomic E-state index is 12.1. The van der Waals surface area contributed by atoms with Gasteiger partial charge in [0.05, 0.1) is 18.8 Å². The van der Waals surface area contributed by atoms with Crippen molar-refractivity contribution in [1.82, 2.24) is 10.6 Å². The van der Waals surface area contributed by atoms with Crippen molar-refractivity contribution in [1.29, 1.82) is 0 Å². The summed E-state index contributed by atoms with van der Waals surface area (Å²) in [5.41, 5.74) is -0.200. The van der Waals surface area contributed by atoms with Gasteiger partial charge < -0.3 is 20.1 Å². The standard InChI is InChI=1S/C13H24N2O3/c1-12(2)10(7-13(12,3)17-4)15-11(16)9-8-18-6-5-14-9/h9-10,14H,5-8H2,1-4H3,(H,15,16)/t9-,10-,13+/m0/s1. The molecule has 0 aromatic heterocycles. The van der Waals surface area contributed by atoms with Crippen LogP contribution in [0.4, 0.5) is 0 Å². The van der Waals surface area contributed by atoms with Crippen LogP contribution < -0.4 is 10.6 Å². The first-order valence-electron chi connectivity index (χ1n) is 6.57. The lowest BCUT2D eigenvalue weighted by atomic mass is 9.56. The van der Waals surface area contributed by atoms with E-state index in [1.807, 2.05) is 0 Å². The third-order valence-electron chi connectivity index (χ3n) is 4.83. The number of amides is 1. The van der Waals surface area contributed by atoms with Crippen LogP contribution in [0, 0.1) is 5.41 Å². The first-order valence-corrected chi connectivity index (χ1v) is 6.57. The fourth-order valence-electron chi connectivity index (χ4n) is 2.73. The SMILES string of the molecule is CO[C@]1(C)C[C@H](NC(=O)[C@@H]2COCCN2)C1(C)C. The number of nitrogens with one attached hydrogen (secondary N) is 2. The third kappa shape index (κ3) is 2.15. The molecule has 5 heteroatoms. The Hall–Kier alpha value is -0.650. The smallest absolute Gasteiger partial charge is 0.239 e. The molecule has 0 radical (unpaired) electrons. The predicted octanol–water partition coefficient (Wildman–Crippen LogP) is 0.295. The van der Waals surface area contributed by atoms with E-state index in [0.717, 1.165) is 13.0 Å². The van der Waals surface area contributed by atoms with Gasteiger partial charge in [0.25, 0.3) is 0 Å². The molecule has 1 amide bonds. The van der Waals surface area contributed by atoms with Crippen molar-refractivity contribution in [3.05, 3.63) is 0 Å². The molecule has 0 spiro atoms. The molecule has 18 heavy (non-hydrogen) atoms. The number of methoxy groups -OCH3 is 1. The molecule has 104 valence electrons. The summed E-state index contributed by atoms with van der Waals surface area (Å²) < 4.78 is 10.9. The van der Waals surface area contributed by atoms with Gasteiger partial charge in [0.1, 0.15) is 6.04 Å². The first kappa shape index (κ1) is 13.8. The van der Waals surface area contributed by atoms with Crippen LogP contribution in [-0.4, -0.2) is 50.5 Å². The van der Waals surface area contributed by atoms with Crippen LogP contribution in [0.5, 0.6) is 0 Å². The molecule has 3 atom stereocenters. The molecule has 1 saturated carbocycles. The summed E-state index contributed by atoms with van der Waals surface area (Å²) in [6.45, 7) is 8.24. The maximum absolute atomic E-state index is 12.1. The van der Waals surface area contributed by atoms with Crippen molar-refractivity contribution in [2.75, 3.05) is 26.9 Å². The van der Waals surface area contributed by atoms with E-state index in [2.05, 4.69) is 31.4 Å². The quantitative estimate of drug-likeness (QED) is 0.762. The monoisotopic (exact) mass is 256 g/mol. The number of ether oxygens (including phenoxy) is 2.